The Hall–Kier alpha value is -3.77. The Morgan fingerprint density at radius 3 is 2.71 bits per heavy atom. The van der Waals surface area contributed by atoms with Gasteiger partial charge in [-0.1, -0.05) is 20.7 Å². The largest absolute Gasteiger partial charge is 0.326 e. The summed E-state index contributed by atoms with van der Waals surface area (Å²) in [5.41, 5.74) is 7.60. The number of pyridine rings is 3. The quantitative estimate of drug-likeness (QED) is 0.261. The van der Waals surface area contributed by atoms with Gasteiger partial charge in [-0.25, -0.2) is 13.8 Å². The smallest absolute Gasteiger partial charge is 0.274 e. The average Bonchev–Trinajstić information content (AvgIpc) is 2.98. The van der Waals surface area contributed by atoms with Gasteiger partial charge < -0.3 is 15.6 Å². The first-order valence-corrected chi connectivity index (χ1v) is 17.0. The number of carbonyl (C=O) groups is 1. The Morgan fingerprint density at radius 2 is 1.95 bits per heavy atom. The van der Waals surface area contributed by atoms with Crippen molar-refractivity contribution in [2.24, 2.45) is 5.73 Å². The summed E-state index contributed by atoms with van der Waals surface area (Å²) >= 11 is -2.10. The number of nitrogens with two attached hydrogens (primary N) is 1. The Labute approximate surface area is 242 Å². The number of halogens is 3. The van der Waals surface area contributed by atoms with E-state index in [1.54, 1.807) is 41.4 Å². The molecule has 5 rings (SSSR count). The van der Waals surface area contributed by atoms with E-state index >= 15 is 0 Å². The third-order valence-corrected chi connectivity index (χ3v) is 11.3. The summed E-state index contributed by atoms with van der Waals surface area (Å²) in [6.45, 7) is 1.85. The lowest BCUT2D eigenvalue weighted by atomic mass is 9.78. The Morgan fingerprint density at radius 1 is 1.12 bits per heavy atom. The summed E-state index contributed by atoms with van der Waals surface area (Å²) in [7, 11) is 0. The molecule has 1 aliphatic rings. The van der Waals surface area contributed by atoms with Crippen LogP contribution in [0.4, 0.5) is 14.5 Å². The van der Waals surface area contributed by atoms with Crippen LogP contribution < -0.4 is 16.6 Å². The molecule has 3 N–H and O–H groups in total. The average molecular weight is 670 g/mol. The van der Waals surface area contributed by atoms with E-state index < -0.39 is 36.4 Å². The fourth-order valence-electron chi connectivity index (χ4n) is 5.37. The molecule has 10 heteroatoms. The van der Waals surface area contributed by atoms with Crippen molar-refractivity contribution in [3.05, 3.63) is 110 Å². The minimum atomic E-state index is -2.10. The van der Waals surface area contributed by atoms with Crippen molar-refractivity contribution < 1.29 is 13.6 Å². The number of aromatic nitrogens is 3. The van der Waals surface area contributed by atoms with Gasteiger partial charge >= 0.3 is 0 Å². The molecule has 41 heavy (non-hydrogen) atoms. The van der Waals surface area contributed by atoms with E-state index in [-0.39, 0.29) is 40.5 Å². The molecule has 1 aromatic carbocycles. The summed E-state index contributed by atoms with van der Waals surface area (Å²) in [5, 5.41) is 2.87. The fraction of sp³-hybridized carbons (Fsp3) is 0.226. The summed E-state index contributed by atoms with van der Waals surface area (Å²) in [4.78, 5) is 34.2. The standard InChI is InChI=1S/C31H30F2IN5O2/c1-3-34(2)23-8-6-7-21(32)29(23)30-22(33)11-12-25(37-30)31(41)38-26-18-36-15-14-20(26)19-10-13-27(24(35)17-19)39-16-5-4-9-28(39)40/h3-9,11-12,14-16,18-19,24,27H,2,10,13,17,35H2,1H3,(H,38,41)/t19-,24-,27+/m0/s1. The second kappa shape index (κ2) is 12.4. The highest BCUT2D eigenvalue weighted by atomic mass is 127. The molecule has 0 bridgehead atoms. The van der Waals surface area contributed by atoms with Gasteiger partial charge in [-0.05, 0) is 74.1 Å². The third-order valence-electron chi connectivity index (χ3n) is 7.42. The summed E-state index contributed by atoms with van der Waals surface area (Å²) in [5.74, 6) is -1.88. The van der Waals surface area contributed by atoms with Crippen LogP contribution in [0.1, 0.15) is 54.2 Å². The second-order valence-electron chi connectivity index (χ2n) is 9.84. The van der Waals surface area contributed by atoms with Crippen molar-refractivity contribution in [3.63, 3.8) is 0 Å². The first-order valence-electron chi connectivity index (χ1n) is 13.2. The molecule has 1 fully saturated rings. The van der Waals surface area contributed by atoms with Crippen LogP contribution >= 0.6 is 18.9 Å². The van der Waals surface area contributed by atoms with Gasteiger partial charge in [-0.15, -0.1) is 18.9 Å². The SMILES string of the molecule is C=I(=C\C)/c1cccc(F)c1-c1nc(C(=O)Nc2cnccc2[C@H]2CC[C@@H](n3ccccc3=O)[C@@H](N)C2)ccc1F. The van der Waals surface area contributed by atoms with Crippen LogP contribution in [-0.2, 0) is 0 Å². The molecule has 1 saturated carbocycles. The molecule has 7 nitrogen and oxygen atoms in total. The lowest BCUT2D eigenvalue weighted by molar-refractivity contribution is 0.102. The Bertz CT molecular complexity index is 1750. The molecule has 1 amide bonds. The van der Waals surface area contributed by atoms with Crippen LogP contribution in [0, 0.1) is 15.2 Å². The topological polar surface area (TPSA) is 103 Å². The van der Waals surface area contributed by atoms with E-state index in [2.05, 4.69) is 19.8 Å². The number of amides is 1. The molecule has 212 valence electrons. The Kier molecular flexibility index (Phi) is 8.69. The van der Waals surface area contributed by atoms with Crippen LogP contribution in [0.15, 0.2) is 78.0 Å². The van der Waals surface area contributed by atoms with Crippen molar-refractivity contribution in [2.75, 3.05) is 5.32 Å². The van der Waals surface area contributed by atoms with Gasteiger partial charge in [0.25, 0.3) is 11.5 Å². The van der Waals surface area contributed by atoms with Crippen molar-refractivity contribution >= 4 is 39.0 Å². The van der Waals surface area contributed by atoms with Crippen LogP contribution in [0.2, 0.25) is 0 Å². The molecule has 4 aromatic rings. The number of anilines is 1. The van der Waals surface area contributed by atoms with Gasteiger partial charge in [0, 0.05) is 28.1 Å². The van der Waals surface area contributed by atoms with E-state index in [0.29, 0.717) is 22.1 Å². The molecule has 3 aromatic heterocycles. The number of hydrogen-bond donors (Lipinski definition) is 2. The minimum absolute atomic E-state index is 0.0292. The molecule has 0 aliphatic heterocycles. The molecule has 1 aliphatic carbocycles. The zero-order chi connectivity index (χ0) is 29.1. The maximum atomic E-state index is 15.0. The predicted molar refractivity (Wildman–Crippen MR) is 168 cm³/mol. The lowest BCUT2D eigenvalue weighted by Gasteiger charge is -2.35. The number of nitrogens with zero attached hydrogens (tertiary/aromatic N) is 3. The van der Waals surface area contributed by atoms with E-state index in [4.69, 9.17) is 5.73 Å². The van der Waals surface area contributed by atoms with Gasteiger partial charge in [0.15, 0.2) is 0 Å². The molecule has 0 saturated heterocycles. The van der Waals surface area contributed by atoms with Crippen molar-refractivity contribution in [1.29, 1.82) is 0 Å². The zero-order valence-electron chi connectivity index (χ0n) is 22.4. The van der Waals surface area contributed by atoms with Crippen LogP contribution in [-0.4, -0.2) is 35.0 Å². The van der Waals surface area contributed by atoms with E-state index in [1.807, 2.05) is 23.1 Å². The van der Waals surface area contributed by atoms with Crippen molar-refractivity contribution in [3.8, 4) is 11.3 Å². The van der Waals surface area contributed by atoms with E-state index in [9.17, 15) is 18.4 Å². The summed E-state index contributed by atoms with van der Waals surface area (Å²) in [6, 6.07) is 13.5. The predicted octanol–water partition coefficient (Wildman–Crippen LogP) is 5.60. The number of benzene rings is 1. The van der Waals surface area contributed by atoms with Crippen LogP contribution in [0.25, 0.3) is 11.3 Å². The Balaban J connectivity index is 1.41. The molecule has 0 radical (unpaired) electrons. The van der Waals surface area contributed by atoms with E-state index in [0.717, 1.165) is 18.1 Å². The van der Waals surface area contributed by atoms with E-state index in [1.165, 1.54) is 18.2 Å². The maximum Gasteiger partial charge on any atom is 0.274 e. The number of rotatable bonds is 6. The monoisotopic (exact) mass is 669 g/mol. The molecule has 0 unspecified atom stereocenters. The first-order chi connectivity index (χ1) is 19.8. The normalized spacial score (nSPS) is 19.6. The fourth-order valence-corrected chi connectivity index (χ4v) is 7.92. The summed E-state index contributed by atoms with van der Waals surface area (Å²) in [6.07, 6.45) is 7.04. The van der Waals surface area contributed by atoms with Gasteiger partial charge in [0.05, 0.1) is 23.5 Å². The second-order valence-corrected chi connectivity index (χ2v) is 14.5. The number of carbonyl (C=O) groups excluding carboxylic acids is 1. The highest BCUT2D eigenvalue weighted by Gasteiger charge is 2.32. The molecule has 0 spiro atoms. The van der Waals surface area contributed by atoms with Crippen LogP contribution in [0.5, 0.6) is 0 Å². The van der Waals surface area contributed by atoms with Gasteiger partial charge in [-0.3, -0.25) is 14.6 Å². The van der Waals surface area contributed by atoms with Crippen molar-refractivity contribution in [2.45, 2.75) is 44.2 Å². The third kappa shape index (κ3) is 5.98. The maximum absolute atomic E-state index is 15.0. The van der Waals surface area contributed by atoms with Gasteiger partial charge in [0.1, 0.15) is 23.0 Å². The molecular formula is C31H30F2IN5O2. The highest BCUT2D eigenvalue weighted by molar-refractivity contribution is 14.2. The highest BCUT2D eigenvalue weighted by Crippen LogP contribution is 2.39. The zero-order valence-corrected chi connectivity index (χ0v) is 24.6. The first kappa shape index (κ1) is 28.7. The summed E-state index contributed by atoms with van der Waals surface area (Å²) < 4.78 is 38.4. The minimum Gasteiger partial charge on any atom is -0.326 e. The number of nitrogens with one attached hydrogen (secondary N) is 1. The molecular weight excluding hydrogens is 639 g/mol. The number of hydrogen-bond acceptors (Lipinski definition) is 5. The lowest BCUT2D eigenvalue weighted by Crippen LogP contribution is -2.41. The molecule has 3 atom stereocenters. The van der Waals surface area contributed by atoms with Crippen molar-refractivity contribution in [1.82, 2.24) is 14.5 Å². The molecule has 3 heterocycles. The van der Waals surface area contributed by atoms with Gasteiger partial charge in [-0.2, -0.15) is 0 Å². The van der Waals surface area contributed by atoms with Gasteiger partial charge in [0.2, 0.25) is 0 Å². The van der Waals surface area contributed by atoms with Crippen LogP contribution in [0.3, 0.4) is 0 Å².